The monoisotopic (exact) mass is 633 g/mol. The minimum absolute atomic E-state index is 0.110. The number of thiophene rings is 1. The summed E-state index contributed by atoms with van der Waals surface area (Å²) < 4.78 is 9.19. The van der Waals surface area contributed by atoms with Gasteiger partial charge in [0.15, 0.2) is 0 Å². The van der Waals surface area contributed by atoms with E-state index in [0.717, 1.165) is 50.1 Å². The molecule has 7 aromatic carbocycles. The number of furan rings is 1. The molecule has 3 heteroatoms. The number of benzene rings is 7. The first-order chi connectivity index (χ1) is 23.5. The molecule has 0 saturated heterocycles. The highest BCUT2D eigenvalue weighted by atomic mass is 32.1. The first kappa shape index (κ1) is 27.5. The molecule has 0 unspecified atom stereocenters. The zero-order valence-corrected chi connectivity index (χ0v) is 27.5. The van der Waals surface area contributed by atoms with Gasteiger partial charge in [0.05, 0.1) is 0 Å². The molecule has 2 nitrogen and oxygen atoms in total. The summed E-state index contributed by atoms with van der Waals surface area (Å²) in [4.78, 5) is 2.44. The Morgan fingerprint density at radius 3 is 2.04 bits per heavy atom. The maximum Gasteiger partial charge on any atom is 0.143 e. The van der Waals surface area contributed by atoms with Crippen LogP contribution in [0.3, 0.4) is 0 Å². The molecule has 48 heavy (non-hydrogen) atoms. The molecule has 9 aromatic rings. The molecule has 1 aliphatic carbocycles. The van der Waals surface area contributed by atoms with Crippen LogP contribution in [0.25, 0.3) is 64.4 Å². The van der Waals surface area contributed by atoms with Gasteiger partial charge >= 0.3 is 0 Å². The Hall–Kier alpha value is -5.64. The SMILES string of the molecule is CC1(C)c2ccccc2-c2ccc(N(c3ccc4sc5ccccc5c4c3)c3cc(-c4ccccc4)c4oc5ccccc5c4c3)cc21. The van der Waals surface area contributed by atoms with Crippen molar-refractivity contribution in [2.24, 2.45) is 0 Å². The van der Waals surface area contributed by atoms with E-state index in [2.05, 4.69) is 164 Å². The molecule has 1 aliphatic rings. The third kappa shape index (κ3) is 3.98. The van der Waals surface area contributed by atoms with E-state index in [-0.39, 0.29) is 5.41 Å². The van der Waals surface area contributed by atoms with Gasteiger partial charge in [-0.2, -0.15) is 0 Å². The average Bonchev–Trinajstić information content (AvgIpc) is 3.76. The molecule has 10 rings (SSSR count). The molecular weight excluding hydrogens is 603 g/mol. The maximum atomic E-state index is 6.59. The van der Waals surface area contributed by atoms with Gasteiger partial charge in [0.2, 0.25) is 0 Å². The lowest BCUT2D eigenvalue weighted by molar-refractivity contribution is 0.660. The second-order valence-corrected chi connectivity index (χ2v) is 14.4. The van der Waals surface area contributed by atoms with Crippen molar-refractivity contribution in [3.05, 3.63) is 163 Å². The molecule has 0 bridgehead atoms. The number of hydrogen-bond acceptors (Lipinski definition) is 3. The van der Waals surface area contributed by atoms with Crippen LogP contribution in [0.15, 0.2) is 156 Å². The van der Waals surface area contributed by atoms with E-state index < -0.39 is 0 Å². The van der Waals surface area contributed by atoms with Gasteiger partial charge < -0.3 is 9.32 Å². The summed E-state index contributed by atoms with van der Waals surface area (Å²) >= 11 is 1.86. The van der Waals surface area contributed by atoms with E-state index in [1.165, 1.54) is 42.4 Å². The molecule has 0 radical (unpaired) electrons. The van der Waals surface area contributed by atoms with Crippen molar-refractivity contribution >= 4 is 70.5 Å². The number of rotatable bonds is 4. The van der Waals surface area contributed by atoms with Gasteiger partial charge in [0.25, 0.3) is 0 Å². The van der Waals surface area contributed by atoms with Crippen molar-refractivity contribution in [2.45, 2.75) is 19.3 Å². The fourth-order valence-corrected chi connectivity index (χ4v) is 8.99. The third-order valence-electron chi connectivity index (χ3n) is 10.2. The first-order valence-electron chi connectivity index (χ1n) is 16.5. The zero-order valence-electron chi connectivity index (χ0n) is 26.7. The molecule has 0 amide bonds. The second kappa shape index (κ2) is 10.2. The van der Waals surface area contributed by atoms with Crippen LogP contribution in [-0.4, -0.2) is 0 Å². The Labute approximate surface area is 283 Å². The Morgan fingerprint density at radius 1 is 0.479 bits per heavy atom. The van der Waals surface area contributed by atoms with Crippen LogP contribution >= 0.6 is 11.3 Å². The van der Waals surface area contributed by atoms with Gasteiger partial charge in [-0.1, -0.05) is 111 Å². The van der Waals surface area contributed by atoms with Gasteiger partial charge in [-0.05, 0) is 82.4 Å². The number of hydrogen-bond donors (Lipinski definition) is 0. The van der Waals surface area contributed by atoms with Crippen LogP contribution in [0.5, 0.6) is 0 Å². The summed E-state index contributed by atoms with van der Waals surface area (Å²) in [5.41, 5.74) is 12.7. The molecule has 0 spiro atoms. The number of anilines is 3. The van der Waals surface area contributed by atoms with Crippen molar-refractivity contribution in [1.29, 1.82) is 0 Å². The lowest BCUT2D eigenvalue weighted by Gasteiger charge is -2.29. The van der Waals surface area contributed by atoms with Gasteiger partial charge in [-0.15, -0.1) is 11.3 Å². The van der Waals surface area contributed by atoms with Crippen LogP contribution in [0.2, 0.25) is 0 Å². The van der Waals surface area contributed by atoms with Crippen LogP contribution < -0.4 is 4.90 Å². The average molecular weight is 634 g/mol. The summed E-state index contributed by atoms with van der Waals surface area (Å²) in [7, 11) is 0. The Kier molecular flexibility index (Phi) is 5.82. The van der Waals surface area contributed by atoms with Gasteiger partial charge in [0.1, 0.15) is 11.2 Å². The highest BCUT2D eigenvalue weighted by molar-refractivity contribution is 7.25. The lowest BCUT2D eigenvalue weighted by atomic mass is 9.82. The van der Waals surface area contributed by atoms with Crippen molar-refractivity contribution in [3.63, 3.8) is 0 Å². The van der Waals surface area contributed by atoms with Crippen molar-refractivity contribution in [3.8, 4) is 22.3 Å². The van der Waals surface area contributed by atoms with E-state index in [0.29, 0.717) is 0 Å². The third-order valence-corrected chi connectivity index (χ3v) is 11.4. The van der Waals surface area contributed by atoms with Crippen LogP contribution in [-0.2, 0) is 5.41 Å². The van der Waals surface area contributed by atoms with Crippen molar-refractivity contribution < 1.29 is 4.42 Å². The Balaban J connectivity index is 1.27. The minimum atomic E-state index is -0.110. The summed E-state index contributed by atoms with van der Waals surface area (Å²) in [5.74, 6) is 0. The first-order valence-corrected chi connectivity index (χ1v) is 17.3. The molecule has 0 saturated carbocycles. The summed E-state index contributed by atoms with van der Waals surface area (Å²) in [6.07, 6.45) is 0. The van der Waals surface area contributed by atoms with Gasteiger partial charge in [0, 0.05) is 59.0 Å². The lowest BCUT2D eigenvalue weighted by Crippen LogP contribution is -2.16. The van der Waals surface area contributed by atoms with E-state index in [1.54, 1.807) is 0 Å². The highest BCUT2D eigenvalue weighted by Crippen LogP contribution is 2.51. The molecule has 0 aliphatic heterocycles. The molecular formula is C45H31NOS. The largest absolute Gasteiger partial charge is 0.455 e. The van der Waals surface area contributed by atoms with E-state index in [1.807, 2.05) is 17.4 Å². The van der Waals surface area contributed by atoms with E-state index in [9.17, 15) is 0 Å². The quantitative estimate of drug-likeness (QED) is 0.192. The summed E-state index contributed by atoms with van der Waals surface area (Å²) in [6, 6.07) is 55.2. The number of nitrogens with zero attached hydrogens (tertiary/aromatic N) is 1. The smallest absolute Gasteiger partial charge is 0.143 e. The Bertz CT molecular complexity index is 2710. The number of para-hydroxylation sites is 1. The molecule has 2 aromatic heterocycles. The molecule has 2 heterocycles. The highest BCUT2D eigenvalue weighted by Gasteiger charge is 2.36. The van der Waals surface area contributed by atoms with Gasteiger partial charge in [-0.25, -0.2) is 0 Å². The number of fused-ring (bicyclic) bond motifs is 9. The minimum Gasteiger partial charge on any atom is -0.455 e. The predicted octanol–water partition coefficient (Wildman–Crippen LogP) is 13.4. The fourth-order valence-electron chi connectivity index (χ4n) is 7.90. The maximum absolute atomic E-state index is 6.59. The molecule has 228 valence electrons. The topological polar surface area (TPSA) is 16.4 Å². The Morgan fingerprint density at radius 2 is 1.15 bits per heavy atom. The van der Waals surface area contributed by atoms with Crippen LogP contribution in [0.4, 0.5) is 17.1 Å². The van der Waals surface area contributed by atoms with Crippen molar-refractivity contribution in [2.75, 3.05) is 4.90 Å². The van der Waals surface area contributed by atoms with Crippen LogP contribution in [0, 0.1) is 0 Å². The molecule has 0 fully saturated rings. The van der Waals surface area contributed by atoms with Crippen LogP contribution in [0.1, 0.15) is 25.0 Å². The normalized spacial score (nSPS) is 13.4. The molecule has 0 N–H and O–H groups in total. The fraction of sp³-hybridized carbons (Fsp3) is 0.0667. The predicted molar refractivity (Wildman–Crippen MR) is 204 cm³/mol. The van der Waals surface area contributed by atoms with E-state index >= 15 is 0 Å². The molecule has 0 atom stereocenters. The van der Waals surface area contributed by atoms with E-state index in [4.69, 9.17) is 4.42 Å². The van der Waals surface area contributed by atoms with Crippen molar-refractivity contribution in [1.82, 2.24) is 0 Å². The second-order valence-electron chi connectivity index (χ2n) is 13.3. The summed E-state index contributed by atoms with van der Waals surface area (Å²) in [5, 5.41) is 4.82. The zero-order chi connectivity index (χ0) is 32.0. The standard InChI is InChI=1S/C45H31NOS/c1-45(2)39-17-9-6-14-32(39)33-22-20-30(27-40(33)45)46(29-21-23-43-37(24-29)35-16-8-11-19-42(35)48-43)31-25-36(28-12-4-3-5-13-28)44-38(26-31)34-15-7-10-18-41(34)47-44/h3-27H,1-2H3. The van der Waals surface area contributed by atoms with Gasteiger partial charge in [-0.3, -0.25) is 0 Å². The summed E-state index contributed by atoms with van der Waals surface area (Å²) in [6.45, 7) is 4.71.